The van der Waals surface area contributed by atoms with Gasteiger partial charge < -0.3 is 10.4 Å². The second-order valence-electron chi connectivity index (χ2n) is 4.05. The van der Waals surface area contributed by atoms with Crippen molar-refractivity contribution in [2.75, 3.05) is 6.54 Å². The van der Waals surface area contributed by atoms with Crippen molar-refractivity contribution in [2.24, 2.45) is 5.92 Å². The van der Waals surface area contributed by atoms with E-state index >= 15 is 0 Å². The lowest BCUT2D eigenvalue weighted by atomic mass is 9.90. The lowest BCUT2D eigenvalue weighted by Crippen LogP contribution is -2.45. The second kappa shape index (κ2) is 4.83. The Balaban J connectivity index is 2.29. The highest BCUT2D eigenvalue weighted by atomic mass is 16.3. The van der Waals surface area contributed by atoms with E-state index in [9.17, 15) is 5.11 Å². The van der Waals surface area contributed by atoms with E-state index in [0.29, 0.717) is 6.04 Å². The van der Waals surface area contributed by atoms with E-state index in [1.807, 2.05) is 0 Å². The molecule has 0 aromatic carbocycles. The molecule has 1 fully saturated rings. The summed E-state index contributed by atoms with van der Waals surface area (Å²) in [7, 11) is 0. The molecule has 3 atom stereocenters. The summed E-state index contributed by atoms with van der Waals surface area (Å²) in [5, 5.41) is 13.1. The van der Waals surface area contributed by atoms with Crippen molar-refractivity contribution in [1.82, 2.24) is 5.32 Å². The van der Waals surface area contributed by atoms with Crippen LogP contribution in [0.2, 0.25) is 0 Å². The maximum atomic E-state index is 9.73. The van der Waals surface area contributed by atoms with Crippen molar-refractivity contribution in [3.8, 4) is 0 Å². The van der Waals surface area contributed by atoms with Gasteiger partial charge in [0, 0.05) is 6.04 Å². The second-order valence-corrected chi connectivity index (χ2v) is 4.05. The molecule has 2 nitrogen and oxygen atoms in total. The first-order valence-corrected chi connectivity index (χ1v) is 5.15. The minimum absolute atomic E-state index is 0.127. The van der Waals surface area contributed by atoms with Crippen LogP contribution in [0.5, 0.6) is 0 Å². The van der Waals surface area contributed by atoms with E-state index in [4.69, 9.17) is 0 Å². The highest BCUT2D eigenvalue weighted by Crippen LogP contribution is 2.18. The predicted octanol–water partition coefficient (Wildman–Crippen LogP) is 1.54. The predicted molar refractivity (Wildman–Crippen MR) is 51.1 cm³/mol. The summed E-state index contributed by atoms with van der Waals surface area (Å²) in [5.74, 6) is 0.780. The number of nitrogens with one attached hydrogen (secondary N) is 1. The SMILES string of the molecule is CCC[C@H](O)[C@@H]1C[C@@H](C)CCN1. The van der Waals surface area contributed by atoms with Gasteiger partial charge in [-0.05, 0) is 31.7 Å². The molecule has 1 aliphatic heterocycles. The maximum absolute atomic E-state index is 9.73. The van der Waals surface area contributed by atoms with Gasteiger partial charge in [-0.15, -0.1) is 0 Å². The molecule has 12 heavy (non-hydrogen) atoms. The fourth-order valence-electron chi connectivity index (χ4n) is 1.94. The smallest absolute Gasteiger partial charge is 0.0693 e. The Morgan fingerprint density at radius 1 is 1.58 bits per heavy atom. The summed E-state index contributed by atoms with van der Waals surface area (Å²) in [5.41, 5.74) is 0. The zero-order chi connectivity index (χ0) is 8.97. The molecule has 2 N–H and O–H groups in total. The summed E-state index contributed by atoms with van der Waals surface area (Å²) in [4.78, 5) is 0. The minimum Gasteiger partial charge on any atom is -0.392 e. The first kappa shape index (κ1) is 10.0. The summed E-state index contributed by atoms with van der Waals surface area (Å²) in [6.07, 6.45) is 4.28. The summed E-state index contributed by atoms with van der Waals surface area (Å²) >= 11 is 0. The van der Waals surface area contributed by atoms with Crippen LogP contribution in [-0.4, -0.2) is 23.8 Å². The molecule has 0 unspecified atom stereocenters. The van der Waals surface area contributed by atoms with E-state index < -0.39 is 0 Å². The fraction of sp³-hybridized carbons (Fsp3) is 1.00. The van der Waals surface area contributed by atoms with E-state index in [2.05, 4.69) is 19.2 Å². The van der Waals surface area contributed by atoms with Crippen LogP contribution in [0.3, 0.4) is 0 Å². The zero-order valence-electron chi connectivity index (χ0n) is 8.21. The van der Waals surface area contributed by atoms with Gasteiger partial charge in [0.25, 0.3) is 0 Å². The molecule has 0 amide bonds. The number of hydrogen-bond donors (Lipinski definition) is 2. The Labute approximate surface area is 75.4 Å². The number of rotatable bonds is 3. The molecule has 1 aliphatic rings. The standard InChI is InChI=1S/C10H21NO/c1-3-4-10(12)9-7-8(2)5-6-11-9/h8-12H,3-7H2,1-2H3/t8-,9-,10-/m0/s1. The van der Waals surface area contributed by atoms with Crippen LogP contribution in [-0.2, 0) is 0 Å². The number of piperidine rings is 1. The Hall–Kier alpha value is -0.0800. The van der Waals surface area contributed by atoms with Crippen LogP contribution in [0, 0.1) is 5.92 Å². The molecule has 0 aromatic rings. The van der Waals surface area contributed by atoms with Crippen LogP contribution in [0.15, 0.2) is 0 Å². The van der Waals surface area contributed by atoms with Gasteiger partial charge in [0.2, 0.25) is 0 Å². The van der Waals surface area contributed by atoms with Gasteiger partial charge >= 0.3 is 0 Å². The number of aliphatic hydroxyl groups excluding tert-OH is 1. The Bertz CT molecular complexity index is 127. The minimum atomic E-state index is -0.127. The first-order valence-electron chi connectivity index (χ1n) is 5.15. The average Bonchev–Trinajstić information content (AvgIpc) is 2.05. The lowest BCUT2D eigenvalue weighted by Gasteiger charge is -2.31. The molecule has 0 bridgehead atoms. The third kappa shape index (κ3) is 2.76. The maximum Gasteiger partial charge on any atom is 0.0693 e. The van der Waals surface area contributed by atoms with Gasteiger partial charge in [0.1, 0.15) is 0 Å². The Kier molecular flexibility index (Phi) is 4.02. The van der Waals surface area contributed by atoms with Crippen molar-refractivity contribution in [3.63, 3.8) is 0 Å². The molecule has 0 saturated carbocycles. The monoisotopic (exact) mass is 171 g/mol. The van der Waals surface area contributed by atoms with Crippen LogP contribution in [0.4, 0.5) is 0 Å². The topological polar surface area (TPSA) is 32.3 Å². The summed E-state index contributed by atoms with van der Waals surface area (Å²) in [6, 6.07) is 0.355. The largest absolute Gasteiger partial charge is 0.392 e. The van der Waals surface area contributed by atoms with Gasteiger partial charge in [0.05, 0.1) is 6.10 Å². The van der Waals surface area contributed by atoms with Crippen LogP contribution in [0.25, 0.3) is 0 Å². The molecular weight excluding hydrogens is 150 g/mol. The normalized spacial score (nSPS) is 33.2. The van der Waals surface area contributed by atoms with Crippen LogP contribution >= 0.6 is 0 Å². The molecule has 2 heteroatoms. The van der Waals surface area contributed by atoms with E-state index in [1.54, 1.807) is 0 Å². The number of hydrogen-bond acceptors (Lipinski definition) is 2. The van der Waals surface area contributed by atoms with Crippen molar-refractivity contribution in [1.29, 1.82) is 0 Å². The van der Waals surface area contributed by atoms with Gasteiger partial charge in [0.15, 0.2) is 0 Å². The van der Waals surface area contributed by atoms with Crippen molar-refractivity contribution in [2.45, 2.75) is 51.7 Å². The number of aliphatic hydroxyl groups is 1. The molecule has 0 aliphatic carbocycles. The van der Waals surface area contributed by atoms with E-state index in [-0.39, 0.29) is 6.10 Å². The first-order chi connectivity index (χ1) is 5.74. The zero-order valence-corrected chi connectivity index (χ0v) is 8.21. The molecule has 1 rings (SSSR count). The molecule has 1 heterocycles. The highest BCUT2D eigenvalue weighted by molar-refractivity contribution is 4.81. The van der Waals surface area contributed by atoms with Crippen LogP contribution < -0.4 is 5.32 Å². The molecule has 0 aromatic heterocycles. The van der Waals surface area contributed by atoms with Gasteiger partial charge in [-0.1, -0.05) is 20.3 Å². The van der Waals surface area contributed by atoms with Crippen LogP contribution in [0.1, 0.15) is 39.5 Å². The molecule has 0 spiro atoms. The van der Waals surface area contributed by atoms with Gasteiger partial charge in [-0.2, -0.15) is 0 Å². The van der Waals surface area contributed by atoms with Crippen molar-refractivity contribution >= 4 is 0 Å². The highest BCUT2D eigenvalue weighted by Gasteiger charge is 2.23. The Morgan fingerprint density at radius 3 is 2.92 bits per heavy atom. The molecule has 0 radical (unpaired) electrons. The molecular formula is C10H21NO. The summed E-state index contributed by atoms with van der Waals surface area (Å²) in [6.45, 7) is 5.47. The summed E-state index contributed by atoms with van der Waals surface area (Å²) < 4.78 is 0. The van der Waals surface area contributed by atoms with E-state index in [1.165, 1.54) is 6.42 Å². The van der Waals surface area contributed by atoms with Crippen molar-refractivity contribution in [3.05, 3.63) is 0 Å². The molecule has 72 valence electrons. The van der Waals surface area contributed by atoms with E-state index in [0.717, 1.165) is 31.7 Å². The molecule has 1 saturated heterocycles. The van der Waals surface area contributed by atoms with Gasteiger partial charge in [-0.25, -0.2) is 0 Å². The fourth-order valence-corrected chi connectivity index (χ4v) is 1.94. The van der Waals surface area contributed by atoms with Crippen molar-refractivity contribution < 1.29 is 5.11 Å². The quantitative estimate of drug-likeness (QED) is 0.675. The Morgan fingerprint density at radius 2 is 2.33 bits per heavy atom. The average molecular weight is 171 g/mol. The third-order valence-corrected chi connectivity index (χ3v) is 2.75. The third-order valence-electron chi connectivity index (χ3n) is 2.75. The lowest BCUT2D eigenvalue weighted by molar-refractivity contribution is 0.0928. The van der Waals surface area contributed by atoms with Gasteiger partial charge in [-0.3, -0.25) is 0 Å².